The standard InChI is InChI=1S/C21H29ClN6/c1-23-21(24-10-9-17-3-6-19(22)7-4-17)26-16-18-5-8-20(25-15-18)28-13-11-27(2)12-14-28/h3-8,15H,9-14,16H2,1-2H3,(H2,23,24,26). The van der Waals surface area contributed by atoms with Gasteiger partial charge >= 0.3 is 0 Å². The first-order valence-corrected chi connectivity index (χ1v) is 10.1. The average molecular weight is 401 g/mol. The van der Waals surface area contributed by atoms with Crippen LogP contribution in [0, 0.1) is 0 Å². The Kier molecular flexibility index (Phi) is 7.51. The molecule has 2 N–H and O–H groups in total. The Balaban J connectivity index is 1.42. The molecule has 1 aromatic carbocycles. The molecule has 0 saturated carbocycles. The maximum absolute atomic E-state index is 5.92. The normalized spacial score (nSPS) is 15.5. The number of piperazine rings is 1. The third kappa shape index (κ3) is 6.11. The first kappa shape index (κ1) is 20.4. The highest BCUT2D eigenvalue weighted by atomic mass is 35.5. The average Bonchev–Trinajstić information content (AvgIpc) is 2.73. The van der Waals surface area contributed by atoms with Crippen molar-refractivity contribution in [3.05, 3.63) is 58.7 Å². The number of pyridine rings is 1. The Hall–Kier alpha value is -2.31. The number of rotatable bonds is 6. The van der Waals surface area contributed by atoms with Gasteiger partial charge in [-0.15, -0.1) is 0 Å². The largest absolute Gasteiger partial charge is 0.356 e. The summed E-state index contributed by atoms with van der Waals surface area (Å²) in [5.74, 6) is 1.85. The quantitative estimate of drug-likeness (QED) is 0.576. The van der Waals surface area contributed by atoms with Crippen molar-refractivity contribution in [2.45, 2.75) is 13.0 Å². The second-order valence-corrected chi connectivity index (χ2v) is 7.48. The van der Waals surface area contributed by atoms with Gasteiger partial charge in [-0.05, 0) is 42.8 Å². The van der Waals surface area contributed by atoms with Gasteiger partial charge in [0.25, 0.3) is 0 Å². The minimum absolute atomic E-state index is 0.691. The molecule has 150 valence electrons. The molecule has 0 unspecified atom stereocenters. The summed E-state index contributed by atoms with van der Waals surface area (Å²) in [4.78, 5) is 13.6. The van der Waals surface area contributed by atoms with E-state index < -0.39 is 0 Å². The molecule has 2 aromatic rings. The monoisotopic (exact) mass is 400 g/mol. The van der Waals surface area contributed by atoms with Gasteiger partial charge in [-0.25, -0.2) is 4.98 Å². The molecule has 1 aliphatic rings. The molecule has 1 aliphatic heterocycles. The topological polar surface area (TPSA) is 55.8 Å². The fraction of sp³-hybridized carbons (Fsp3) is 0.429. The summed E-state index contributed by atoms with van der Waals surface area (Å²) in [7, 11) is 3.95. The van der Waals surface area contributed by atoms with E-state index in [4.69, 9.17) is 11.6 Å². The van der Waals surface area contributed by atoms with Gasteiger partial charge in [0, 0.05) is 57.5 Å². The van der Waals surface area contributed by atoms with Crippen LogP contribution in [0.3, 0.4) is 0 Å². The number of hydrogen-bond donors (Lipinski definition) is 2. The highest BCUT2D eigenvalue weighted by Crippen LogP contribution is 2.13. The number of aromatic nitrogens is 1. The molecule has 1 saturated heterocycles. The maximum atomic E-state index is 5.92. The Morgan fingerprint density at radius 2 is 1.75 bits per heavy atom. The van der Waals surface area contributed by atoms with Gasteiger partial charge in [0.1, 0.15) is 5.82 Å². The van der Waals surface area contributed by atoms with Crippen LogP contribution >= 0.6 is 11.6 Å². The van der Waals surface area contributed by atoms with Gasteiger partial charge in [-0.3, -0.25) is 4.99 Å². The molecule has 3 rings (SSSR count). The first-order chi connectivity index (χ1) is 13.6. The molecule has 0 amide bonds. The SMILES string of the molecule is CN=C(NCCc1ccc(Cl)cc1)NCc1ccc(N2CCN(C)CC2)nc1. The van der Waals surface area contributed by atoms with Crippen molar-refractivity contribution in [3.63, 3.8) is 0 Å². The summed E-state index contributed by atoms with van der Waals surface area (Å²) >= 11 is 5.92. The number of nitrogens with one attached hydrogen (secondary N) is 2. The van der Waals surface area contributed by atoms with Gasteiger partial charge in [0.05, 0.1) is 0 Å². The van der Waals surface area contributed by atoms with E-state index in [1.807, 2.05) is 30.5 Å². The molecule has 1 fully saturated rings. The van der Waals surface area contributed by atoms with Gasteiger partial charge in [-0.1, -0.05) is 29.8 Å². The third-order valence-electron chi connectivity index (χ3n) is 4.94. The highest BCUT2D eigenvalue weighted by Gasteiger charge is 2.14. The lowest BCUT2D eigenvalue weighted by Gasteiger charge is -2.33. The smallest absolute Gasteiger partial charge is 0.191 e. The molecule has 2 heterocycles. The van der Waals surface area contributed by atoms with Crippen LogP contribution in [0.1, 0.15) is 11.1 Å². The van der Waals surface area contributed by atoms with Crippen LogP contribution in [0.5, 0.6) is 0 Å². The molecule has 0 bridgehead atoms. The van der Waals surface area contributed by atoms with Gasteiger partial charge in [0.2, 0.25) is 0 Å². The van der Waals surface area contributed by atoms with E-state index in [2.05, 4.69) is 49.6 Å². The second kappa shape index (κ2) is 10.3. The molecule has 6 nitrogen and oxygen atoms in total. The summed E-state index contributed by atoms with van der Waals surface area (Å²) < 4.78 is 0. The first-order valence-electron chi connectivity index (χ1n) is 9.71. The number of benzene rings is 1. The van der Waals surface area contributed by atoms with Crippen molar-refractivity contribution >= 4 is 23.4 Å². The van der Waals surface area contributed by atoms with Gasteiger partial charge < -0.3 is 20.4 Å². The van der Waals surface area contributed by atoms with Crippen molar-refractivity contribution in [3.8, 4) is 0 Å². The molecule has 28 heavy (non-hydrogen) atoms. The predicted molar refractivity (Wildman–Crippen MR) is 117 cm³/mol. The number of guanidine groups is 1. The number of hydrogen-bond acceptors (Lipinski definition) is 4. The summed E-state index contributed by atoms with van der Waals surface area (Å²) in [6, 6.07) is 12.2. The molecule has 0 radical (unpaired) electrons. The minimum Gasteiger partial charge on any atom is -0.356 e. The van der Waals surface area contributed by atoms with E-state index in [0.717, 1.165) is 61.5 Å². The molecular formula is C21H29ClN6. The van der Waals surface area contributed by atoms with E-state index >= 15 is 0 Å². The Morgan fingerprint density at radius 3 is 2.39 bits per heavy atom. The van der Waals surface area contributed by atoms with E-state index in [9.17, 15) is 0 Å². The number of halogens is 1. The van der Waals surface area contributed by atoms with E-state index in [1.165, 1.54) is 5.56 Å². The summed E-state index contributed by atoms with van der Waals surface area (Å²) in [5.41, 5.74) is 2.38. The zero-order valence-corrected chi connectivity index (χ0v) is 17.4. The van der Waals surface area contributed by atoms with E-state index in [1.54, 1.807) is 7.05 Å². The molecule has 0 aliphatic carbocycles. The van der Waals surface area contributed by atoms with Crippen LogP contribution in [0.2, 0.25) is 5.02 Å². The van der Waals surface area contributed by atoms with E-state index in [-0.39, 0.29) is 0 Å². The number of nitrogens with zero attached hydrogens (tertiary/aromatic N) is 4. The molecular weight excluding hydrogens is 372 g/mol. The number of aliphatic imine (C=N–C) groups is 1. The van der Waals surface area contributed by atoms with E-state index in [0.29, 0.717) is 6.54 Å². The third-order valence-corrected chi connectivity index (χ3v) is 5.19. The number of likely N-dealkylation sites (N-methyl/N-ethyl adjacent to an activating group) is 1. The van der Waals surface area contributed by atoms with Crippen molar-refractivity contribution < 1.29 is 0 Å². The molecule has 1 aromatic heterocycles. The summed E-state index contributed by atoms with van der Waals surface area (Å²) in [6.07, 6.45) is 2.86. The van der Waals surface area contributed by atoms with Crippen molar-refractivity contribution in [1.82, 2.24) is 20.5 Å². The predicted octanol–water partition coefficient (Wildman–Crippen LogP) is 2.39. The second-order valence-electron chi connectivity index (χ2n) is 7.04. The zero-order chi connectivity index (χ0) is 19.8. The Bertz CT molecular complexity index is 751. The lowest BCUT2D eigenvalue weighted by atomic mass is 10.1. The molecule has 0 spiro atoms. The minimum atomic E-state index is 0.691. The number of anilines is 1. The lowest BCUT2D eigenvalue weighted by Crippen LogP contribution is -2.44. The van der Waals surface area contributed by atoms with Crippen LogP contribution < -0.4 is 15.5 Å². The zero-order valence-electron chi connectivity index (χ0n) is 16.7. The van der Waals surface area contributed by atoms with Crippen molar-refractivity contribution in [2.75, 3.05) is 51.7 Å². The lowest BCUT2D eigenvalue weighted by molar-refractivity contribution is 0.312. The Labute approximate surface area is 172 Å². The molecule has 0 atom stereocenters. The Morgan fingerprint density at radius 1 is 1.04 bits per heavy atom. The fourth-order valence-electron chi connectivity index (χ4n) is 3.13. The van der Waals surface area contributed by atoms with Gasteiger partial charge in [0.15, 0.2) is 5.96 Å². The maximum Gasteiger partial charge on any atom is 0.191 e. The van der Waals surface area contributed by atoms with Gasteiger partial charge in [-0.2, -0.15) is 0 Å². The summed E-state index contributed by atoms with van der Waals surface area (Å²) in [5, 5.41) is 7.45. The highest BCUT2D eigenvalue weighted by molar-refractivity contribution is 6.30. The fourth-order valence-corrected chi connectivity index (χ4v) is 3.25. The van der Waals surface area contributed by atoms with Crippen LogP contribution in [-0.4, -0.2) is 62.7 Å². The van der Waals surface area contributed by atoms with Crippen LogP contribution in [0.15, 0.2) is 47.6 Å². The van der Waals surface area contributed by atoms with Crippen LogP contribution in [0.25, 0.3) is 0 Å². The van der Waals surface area contributed by atoms with Crippen LogP contribution in [0.4, 0.5) is 5.82 Å². The summed E-state index contributed by atoms with van der Waals surface area (Å²) in [6.45, 7) is 5.74. The van der Waals surface area contributed by atoms with Crippen LogP contribution in [-0.2, 0) is 13.0 Å². The van der Waals surface area contributed by atoms with Crippen molar-refractivity contribution in [1.29, 1.82) is 0 Å². The molecule has 7 heteroatoms. The van der Waals surface area contributed by atoms with Crippen molar-refractivity contribution in [2.24, 2.45) is 4.99 Å².